The molecule has 5 rings (SSSR count). The average Bonchev–Trinajstić information content (AvgIpc) is 3.55. The van der Waals surface area contributed by atoms with E-state index in [9.17, 15) is 14.0 Å². The molecule has 5 aromatic rings. The lowest BCUT2D eigenvalue weighted by Crippen LogP contribution is -2.18. The number of halogens is 1. The fourth-order valence-corrected chi connectivity index (χ4v) is 6.49. The minimum Gasteiger partial charge on any atom is -0.481 e. The summed E-state index contributed by atoms with van der Waals surface area (Å²) >= 11 is 2.88. The lowest BCUT2D eigenvalue weighted by molar-refractivity contribution is -0.136. The molecule has 0 bridgehead atoms. The van der Waals surface area contributed by atoms with Crippen molar-refractivity contribution in [1.82, 2.24) is 15.0 Å². The molecule has 11 heteroatoms. The van der Waals surface area contributed by atoms with Crippen molar-refractivity contribution in [2.24, 2.45) is 7.05 Å². The number of rotatable bonds is 7. The zero-order valence-corrected chi connectivity index (χ0v) is 22.3. The van der Waals surface area contributed by atoms with Crippen LogP contribution in [0.1, 0.15) is 29.7 Å². The Labute approximate surface area is 225 Å². The summed E-state index contributed by atoms with van der Waals surface area (Å²) in [7, 11) is 1.68. The van der Waals surface area contributed by atoms with Gasteiger partial charge in [-0.25, -0.2) is 13.9 Å². The Morgan fingerprint density at radius 1 is 1.11 bits per heavy atom. The fraction of sp³-hybridized carbons (Fsp3) is 0.185. The molecule has 0 fully saturated rings. The second kappa shape index (κ2) is 10.3. The molecule has 1 atom stereocenters. The van der Waals surface area contributed by atoms with Crippen molar-refractivity contribution < 1.29 is 23.8 Å². The first kappa shape index (κ1) is 25.6. The maximum absolute atomic E-state index is 14.9. The Hall–Kier alpha value is -4.09. The first-order chi connectivity index (χ1) is 18.2. The van der Waals surface area contributed by atoms with Crippen molar-refractivity contribution in [3.8, 4) is 21.0 Å². The average molecular weight is 551 g/mol. The zero-order chi connectivity index (χ0) is 27.0. The minimum atomic E-state index is -0.999. The molecule has 38 heavy (non-hydrogen) atoms. The molecule has 0 spiro atoms. The topological polar surface area (TPSA) is 106 Å². The number of carbonyl (C=O) groups is 2. The molecular formula is C27H23FN4O4S2. The van der Waals surface area contributed by atoms with Crippen LogP contribution in [0.2, 0.25) is 0 Å². The summed E-state index contributed by atoms with van der Waals surface area (Å²) in [5.74, 6) is -1.05. The number of hydrogen-bond donors (Lipinski definition) is 2. The van der Waals surface area contributed by atoms with E-state index in [2.05, 4.69) is 15.6 Å². The van der Waals surface area contributed by atoms with Gasteiger partial charge in [-0.15, -0.1) is 27.8 Å². The monoisotopic (exact) mass is 550 g/mol. The molecule has 0 saturated carbocycles. The number of aryl methyl sites for hydroxylation is 2. The SMILES string of the molecule is Cc1cc(-c2cc3sc(-c4nnn(C)c4NC(=O)O[C@H](C)c4ccccc4)cc3s2)c(F)cc1CC(=O)O. The quantitative estimate of drug-likeness (QED) is 0.231. The Bertz CT molecular complexity index is 1630. The first-order valence-corrected chi connectivity index (χ1v) is 13.3. The summed E-state index contributed by atoms with van der Waals surface area (Å²) in [6.45, 7) is 3.58. The van der Waals surface area contributed by atoms with Crippen molar-refractivity contribution in [1.29, 1.82) is 0 Å². The number of aliphatic carboxylic acids is 1. The van der Waals surface area contributed by atoms with E-state index in [0.717, 1.165) is 30.3 Å². The zero-order valence-electron chi connectivity index (χ0n) is 20.7. The molecule has 0 aliphatic rings. The third-order valence-corrected chi connectivity index (χ3v) is 8.41. The van der Waals surface area contributed by atoms with E-state index >= 15 is 0 Å². The summed E-state index contributed by atoms with van der Waals surface area (Å²) in [4.78, 5) is 25.2. The number of fused-ring (bicyclic) bond motifs is 1. The summed E-state index contributed by atoms with van der Waals surface area (Å²) in [5, 5.41) is 20.1. The maximum Gasteiger partial charge on any atom is 0.413 e. The van der Waals surface area contributed by atoms with E-state index in [0.29, 0.717) is 22.6 Å². The van der Waals surface area contributed by atoms with Gasteiger partial charge in [-0.1, -0.05) is 35.5 Å². The van der Waals surface area contributed by atoms with Crippen LogP contribution < -0.4 is 5.32 Å². The molecular weight excluding hydrogens is 527 g/mol. The molecule has 3 aromatic heterocycles. The van der Waals surface area contributed by atoms with E-state index in [-0.39, 0.29) is 6.42 Å². The van der Waals surface area contributed by atoms with Crippen molar-refractivity contribution in [2.45, 2.75) is 26.4 Å². The van der Waals surface area contributed by atoms with Crippen LogP contribution >= 0.6 is 22.7 Å². The predicted octanol–water partition coefficient (Wildman–Crippen LogP) is 6.81. The van der Waals surface area contributed by atoms with E-state index < -0.39 is 24.0 Å². The Kier molecular flexibility index (Phi) is 6.96. The number of anilines is 1. The van der Waals surface area contributed by atoms with Crippen LogP contribution in [0.25, 0.3) is 30.4 Å². The molecule has 2 aromatic carbocycles. The highest BCUT2D eigenvalue weighted by molar-refractivity contribution is 7.31. The van der Waals surface area contributed by atoms with Crippen LogP contribution in [0.3, 0.4) is 0 Å². The Morgan fingerprint density at radius 2 is 1.79 bits per heavy atom. The lowest BCUT2D eigenvalue weighted by atomic mass is 10.0. The van der Waals surface area contributed by atoms with E-state index in [1.807, 2.05) is 42.5 Å². The van der Waals surface area contributed by atoms with Gasteiger partial charge in [-0.05, 0) is 54.8 Å². The molecule has 0 unspecified atom stereocenters. The highest BCUT2D eigenvalue weighted by Gasteiger charge is 2.21. The number of benzene rings is 2. The highest BCUT2D eigenvalue weighted by atomic mass is 32.1. The molecule has 3 heterocycles. The second-order valence-electron chi connectivity index (χ2n) is 8.77. The molecule has 0 aliphatic heterocycles. The summed E-state index contributed by atoms with van der Waals surface area (Å²) in [6, 6.07) is 16.3. The Balaban J connectivity index is 1.37. The highest BCUT2D eigenvalue weighted by Crippen LogP contribution is 2.43. The van der Waals surface area contributed by atoms with Gasteiger partial charge < -0.3 is 9.84 Å². The maximum atomic E-state index is 14.9. The number of nitrogens with one attached hydrogen (secondary N) is 1. The van der Waals surface area contributed by atoms with Crippen molar-refractivity contribution in [3.63, 3.8) is 0 Å². The number of aromatic nitrogens is 3. The number of carbonyl (C=O) groups excluding carboxylic acids is 1. The molecule has 0 saturated heterocycles. The van der Waals surface area contributed by atoms with Crippen LogP contribution in [0.5, 0.6) is 0 Å². The molecule has 0 aliphatic carbocycles. The number of carboxylic acids is 1. The molecule has 2 N–H and O–H groups in total. The van der Waals surface area contributed by atoms with Crippen LogP contribution in [0.15, 0.2) is 54.6 Å². The van der Waals surface area contributed by atoms with Gasteiger partial charge in [0.25, 0.3) is 0 Å². The number of carboxylic acid groups (broad SMARTS) is 1. The number of amides is 1. The predicted molar refractivity (Wildman–Crippen MR) is 146 cm³/mol. The fourth-order valence-electron chi connectivity index (χ4n) is 4.09. The third-order valence-electron chi connectivity index (χ3n) is 6.07. The van der Waals surface area contributed by atoms with Gasteiger partial charge >= 0.3 is 12.1 Å². The molecule has 1 amide bonds. The van der Waals surface area contributed by atoms with E-state index in [1.165, 1.54) is 33.4 Å². The van der Waals surface area contributed by atoms with Crippen LogP contribution in [0.4, 0.5) is 15.0 Å². The second-order valence-corrected chi connectivity index (χ2v) is 10.9. The number of thiophene rings is 2. The summed E-state index contributed by atoms with van der Waals surface area (Å²) in [5.41, 5.74) is 3.00. The number of nitrogens with zero attached hydrogens (tertiary/aromatic N) is 3. The van der Waals surface area contributed by atoms with Crippen molar-refractivity contribution >= 4 is 50.0 Å². The minimum absolute atomic E-state index is 0.223. The van der Waals surface area contributed by atoms with Crippen LogP contribution in [-0.4, -0.2) is 32.2 Å². The van der Waals surface area contributed by atoms with Crippen LogP contribution in [-0.2, 0) is 23.0 Å². The van der Waals surface area contributed by atoms with Gasteiger partial charge in [-0.3, -0.25) is 10.1 Å². The summed E-state index contributed by atoms with van der Waals surface area (Å²) in [6.07, 6.45) is -1.28. The molecule has 0 radical (unpaired) electrons. The largest absolute Gasteiger partial charge is 0.481 e. The van der Waals surface area contributed by atoms with E-state index in [4.69, 9.17) is 9.84 Å². The smallest absolute Gasteiger partial charge is 0.413 e. The normalized spacial score (nSPS) is 12.0. The van der Waals surface area contributed by atoms with Gasteiger partial charge in [0.1, 0.15) is 17.6 Å². The van der Waals surface area contributed by atoms with Gasteiger partial charge in [0.05, 0.1) is 11.3 Å². The van der Waals surface area contributed by atoms with Gasteiger partial charge in [-0.2, -0.15) is 0 Å². The number of ether oxygens (including phenoxy) is 1. The van der Waals surface area contributed by atoms with Crippen molar-refractivity contribution in [3.05, 3.63) is 77.1 Å². The van der Waals surface area contributed by atoms with Gasteiger partial charge in [0.2, 0.25) is 0 Å². The first-order valence-electron chi connectivity index (χ1n) is 11.7. The van der Waals surface area contributed by atoms with Crippen LogP contribution in [0, 0.1) is 12.7 Å². The standard InChI is InChI=1S/C27H23FN4O4S2/c1-14-9-18(19(28)10-17(14)11-24(33)34)20-12-21-22(37-20)13-23(38-21)25-26(32(3)31-30-25)29-27(35)36-15(2)16-7-5-4-6-8-16/h4-10,12-13,15H,11H2,1-3H3,(H,29,35)(H,33,34)/t15-/m1/s1. The van der Waals surface area contributed by atoms with Crippen molar-refractivity contribution in [2.75, 3.05) is 5.32 Å². The summed E-state index contributed by atoms with van der Waals surface area (Å²) < 4.78 is 23.7. The third kappa shape index (κ3) is 5.15. The molecule has 8 nitrogen and oxygen atoms in total. The number of hydrogen-bond acceptors (Lipinski definition) is 7. The van der Waals surface area contributed by atoms with E-state index in [1.54, 1.807) is 27.0 Å². The van der Waals surface area contributed by atoms with Gasteiger partial charge in [0, 0.05) is 26.9 Å². The Morgan fingerprint density at radius 3 is 2.50 bits per heavy atom. The molecule has 194 valence electrons. The lowest BCUT2D eigenvalue weighted by Gasteiger charge is -2.14. The van der Waals surface area contributed by atoms with Gasteiger partial charge in [0.15, 0.2) is 5.82 Å².